The summed E-state index contributed by atoms with van der Waals surface area (Å²) in [6.07, 6.45) is 1.27. The van der Waals surface area contributed by atoms with Gasteiger partial charge in [0.15, 0.2) is 0 Å². The van der Waals surface area contributed by atoms with Gasteiger partial charge in [-0.05, 0) is 29.7 Å². The van der Waals surface area contributed by atoms with Crippen LogP contribution in [-0.2, 0) is 12.8 Å². The molecule has 0 heterocycles. The summed E-state index contributed by atoms with van der Waals surface area (Å²) in [7, 11) is -2.03. The number of hydrogen-bond donors (Lipinski definition) is 2. The molecule has 0 atom stereocenters. The van der Waals surface area contributed by atoms with E-state index in [4.69, 9.17) is 14.7 Å². The van der Waals surface area contributed by atoms with Gasteiger partial charge in [-0.25, -0.2) is 8.78 Å². The molecule has 3 nitrogen and oxygen atoms in total. The lowest BCUT2D eigenvalue weighted by Crippen LogP contribution is -2.22. The minimum Gasteiger partial charge on any atom is -0.512 e. The maximum Gasteiger partial charge on any atom is 0.707 e. The molecule has 6 heteroatoms. The Kier molecular flexibility index (Phi) is 3.89. The van der Waals surface area contributed by atoms with Crippen molar-refractivity contribution < 1.29 is 23.5 Å². The molecular weight excluding hydrogens is 289 g/mol. The largest absolute Gasteiger partial charge is 0.707 e. The minimum atomic E-state index is -2.03. The third-order valence-corrected chi connectivity index (χ3v) is 3.92. The van der Waals surface area contributed by atoms with Crippen molar-refractivity contribution in [1.82, 2.24) is 0 Å². The fourth-order valence-electron chi connectivity index (χ4n) is 3.00. The van der Waals surface area contributed by atoms with E-state index in [9.17, 15) is 8.78 Å². The van der Waals surface area contributed by atoms with Gasteiger partial charge in [-0.3, -0.25) is 0 Å². The molecule has 1 aliphatic rings. The van der Waals surface area contributed by atoms with Crippen molar-refractivity contribution in [2.75, 3.05) is 0 Å². The predicted octanol–water partition coefficient (Wildman–Crippen LogP) is 2.84. The van der Waals surface area contributed by atoms with Gasteiger partial charge in [0.2, 0.25) is 0 Å². The van der Waals surface area contributed by atoms with Crippen LogP contribution < -0.4 is 4.65 Å². The molecule has 2 aromatic carbocycles. The predicted molar refractivity (Wildman–Crippen MR) is 79.4 cm³/mol. The Bertz CT molecular complexity index is 732. The van der Waals surface area contributed by atoms with E-state index in [0.717, 1.165) is 0 Å². The number of rotatable bonds is 4. The van der Waals surface area contributed by atoms with Crippen LogP contribution in [0.25, 0.3) is 11.1 Å². The van der Waals surface area contributed by atoms with Crippen molar-refractivity contribution >= 4 is 7.32 Å². The van der Waals surface area contributed by atoms with Crippen LogP contribution in [-0.4, -0.2) is 17.4 Å². The topological polar surface area (TPSA) is 49.7 Å². The average Bonchev–Trinajstić information content (AvgIpc) is 2.83. The molecule has 0 aromatic heterocycles. The molecule has 0 amide bonds. The third-order valence-electron chi connectivity index (χ3n) is 3.92. The Morgan fingerprint density at radius 2 is 1.95 bits per heavy atom. The fourth-order valence-corrected chi connectivity index (χ4v) is 3.00. The van der Waals surface area contributed by atoms with Crippen LogP contribution >= 0.6 is 0 Å². The van der Waals surface area contributed by atoms with E-state index in [1.54, 1.807) is 18.2 Å². The highest BCUT2D eigenvalue weighted by atomic mass is 19.1. The summed E-state index contributed by atoms with van der Waals surface area (Å²) in [6, 6.07) is 6.21. The van der Waals surface area contributed by atoms with E-state index in [0.29, 0.717) is 40.7 Å². The Balaban J connectivity index is 2.19. The smallest absolute Gasteiger partial charge is 0.512 e. The number of halogens is 2. The zero-order valence-corrected chi connectivity index (χ0v) is 12.1. The summed E-state index contributed by atoms with van der Waals surface area (Å²) >= 11 is 0. The third kappa shape index (κ3) is 2.38. The first-order valence-corrected chi connectivity index (χ1v) is 7.17. The molecule has 0 unspecified atom stereocenters. The second-order valence-corrected chi connectivity index (χ2v) is 5.33. The Hall–Kier alpha value is -1.92. The van der Waals surface area contributed by atoms with E-state index in [1.807, 2.05) is 6.92 Å². The molecule has 2 aromatic rings. The van der Waals surface area contributed by atoms with Gasteiger partial charge in [-0.2, -0.15) is 0 Å². The van der Waals surface area contributed by atoms with Crippen molar-refractivity contribution in [3.63, 3.8) is 0 Å². The van der Waals surface area contributed by atoms with Crippen molar-refractivity contribution in [3.8, 4) is 16.9 Å². The molecular formula is C16H15BF2O3. The van der Waals surface area contributed by atoms with Crippen LogP contribution in [0.5, 0.6) is 5.75 Å². The lowest BCUT2D eigenvalue weighted by Gasteiger charge is -2.15. The summed E-state index contributed by atoms with van der Waals surface area (Å²) in [6.45, 7) is 1.89. The van der Waals surface area contributed by atoms with Crippen molar-refractivity contribution in [3.05, 3.63) is 52.6 Å². The monoisotopic (exact) mass is 304 g/mol. The molecule has 0 spiro atoms. The first kappa shape index (κ1) is 15.0. The van der Waals surface area contributed by atoms with Crippen LogP contribution in [0.4, 0.5) is 8.78 Å². The summed E-state index contributed by atoms with van der Waals surface area (Å²) in [5.74, 6) is -0.731. The molecule has 0 saturated carbocycles. The van der Waals surface area contributed by atoms with E-state index < -0.39 is 13.1 Å². The molecule has 114 valence electrons. The molecule has 1 aliphatic carbocycles. The lowest BCUT2D eigenvalue weighted by atomic mass is 9.98. The zero-order valence-electron chi connectivity index (χ0n) is 12.1. The molecule has 0 fully saturated rings. The van der Waals surface area contributed by atoms with E-state index in [-0.39, 0.29) is 18.0 Å². The van der Waals surface area contributed by atoms with E-state index >= 15 is 0 Å². The first-order valence-electron chi connectivity index (χ1n) is 7.17. The fraction of sp³-hybridized carbons (Fsp3) is 0.250. The highest BCUT2D eigenvalue weighted by molar-refractivity contribution is 6.33. The van der Waals surface area contributed by atoms with Crippen LogP contribution in [0, 0.1) is 11.6 Å². The Morgan fingerprint density at radius 1 is 1.18 bits per heavy atom. The number of fused-ring (bicyclic) bond motifs is 3. The van der Waals surface area contributed by atoms with Gasteiger partial charge in [0.25, 0.3) is 0 Å². The second-order valence-electron chi connectivity index (χ2n) is 5.33. The van der Waals surface area contributed by atoms with Gasteiger partial charge in [-0.15, -0.1) is 0 Å². The summed E-state index contributed by atoms with van der Waals surface area (Å²) in [4.78, 5) is 0. The Labute approximate surface area is 127 Å². The number of benzene rings is 2. The standard InChI is InChI=1S/C16H15BF2O3/c1-2-4-10-15(22-17(20)21)8-11-9-5-3-6-14(18)12(9)7-13(11)16(10)19/h3,5-6,8,20-21H,2,4,7H2,1H3. The average molecular weight is 304 g/mol. The van der Waals surface area contributed by atoms with Crippen LogP contribution in [0.1, 0.15) is 30.0 Å². The summed E-state index contributed by atoms with van der Waals surface area (Å²) in [5, 5.41) is 18.1. The van der Waals surface area contributed by atoms with Gasteiger partial charge in [0.1, 0.15) is 17.4 Å². The van der Waals surface area contributed by atoms with Crippen molar-refractivity contribution in [2.45, 2.75) is 26.2 Å². The van der Waals surface area contributed by atoms with E-state index in [1.165, 1.54) is 6.07 Å². The van der Waals surface area contributed by atoms with Gasteiger partial charge in [-0.1, -0.05) is 25.5 Å². The lowest BCUT2D eigenvalue weighted by molar-refractivity contribution is 0.286. The molecule has 0 saturated heterocycles. The highest BCUT2D eigenvalue weighted by Crippen LogP contribution is 2.43. The summed E-state index contributed by atoms with van der Waals surface area (Å²) in [5.41, 5.74) is 2.35. The maximum atomic E-state index is 14.8. The SMILES string of the molecule is CCCc1c(OB(O)O)cc2c(c1F)Cc1c(F)cccc1-2. The molecule has 0 bridgehead atoms. The van der Waals surface area contributed by atoms with Crippen molar-refractivity contribution in [1.29, 1.82) is 0 Å². The molecule has 22 heavy (non-hydrogen) atoms. The first-order chi connectivity index (χ1) is 10.5. The van der Waals surface area contributed by atoms with Gasteiger partial charge < -0.3 is 14.7 Å². The van der Waals surface area contributed by atoms with Gasteiger partial charge >= 0.3 is 7.32 Å². The molecule has 3 rings (SSSR count). The van der Waals surface area contributed by atoms with Crippen LogP contribution in [0.3, 0.4) is 0 Å². The van der Waals surface area contributed by atoms with Gasteiger partial charge in [0.05, 0.1) is 0 Å². The normalized spacial score (nSPS) is 12.0. The van der Waals surface area contributed by atoms with Crippen LogP contribution in [0.2, 0.25) is 0 Å². The molecule has 2 N–H and O–H groups in total. The van der Waals surface area contributed by atoms with E-state index in [2.05, 4.69) is 0 Å². The maximum absolute atomic E-state index is 14.8. The highest BCUT2D eigenvalue weighted by Gasteiger charge is 2.29. The number of hydrogen-bond acceptors (Lipinski definition) is 3. The van der Waals surface area contributed by atoms with Crippen LogP contribution in [0.15, 0.2) is 24.3 Å². The minimum absolute atomic E-state index is 0.0882. The Morgan fingerprint density at radius 3 is 2.64 bits per heavy atom. The zero-order chi connectivity index (χ0) is 15.9. The molecule has 0 radical (unpaired) electrons. The summed E-state index contributed by atoms with van der Waals surface area (Å²) < 4.78 is 33.6. The van der Waals surface area contributed by atoms with Crippen molar-refractivity contribution in [2.24, 2.45) is 0 Å². The molecule has 0 aliphatic heterocycles. The quantitative estimate of drug-likeness (QED) is 0.729. The van der Waals surface area contributed by atoms with Gasteiger partial charge in [0, 0.05) is 23.1 Å². The second kappa shape index (κ2) is 5.70.